The number of halogens is 4. The van der Waals surface area contributed by atoms with E-state index in [2.05, 4.69) is 0 Å². The number of nitrogens with two attached hydrogens (primary N) is 1. The van der Waals surface area contributed by atoms with Gasteiger partial charge < -0.3 is 11.1 Å². The Balaban J connectivity index is 2.40. The summed E-state index contributed by atoms with van der Waals surface area (Å²) < 4.78 is 54.1. The third kappa shape index (κ3) is 2.81. The maximum atomic E-state index is 13.7. The van der Waals surface area contributed by atoms with Crippen LogP contribution in [0.1, 0.15) is 15.9 Å². The van der Waals surface area contributed by atoms with Gasteiger partial charge in [-0.15, -0.1) is 0 Å². The number of nitrogen functional groups attached to an aromatic ring is 1. The summed E-state index contributed by atoms with van der Waals surface area (Å²) >= 11 is 0. The van der Waals surface area contributed by atoms with Gasteiger partial charge in [-0.25, -0.2) is 17.6 Å². The highest BCUT2D eigenvalue weighted by Gasteiger charge is 2.21. The maximum absolute atomic E-state index is 13.7. The molecule has 0 spiro atoms. The minimum atomic E-state index is -1.26. The summed E-state index contributed by atoms with van der Waals surface area (Å²) in [6, 6.07) is 3.34. The zero-order valence-electron chi connectivity index (χ0n) is 10.8. The summed E-state index contributed by atoms with van der Waals surface area (Å²) in [5.41, 5.74) is 3.35. The highest BCUT2D eigenvalue weighted by molar-refractivity contribution is 6.05. The standard InChI is InChI=1S/C14H10F4N2O/c1-6-4-9(17)11(5-8(6)16)20-14(21)12-7(15)2-3-10(19)13(12)18/h2-5H,19H2,1H3,(H,20,21). The first-order valence-corrected chi connectivity index (χ1v) is 5.81. The number of benzene rings is 2. The Bertz CT molecular complexity index is 731. The van der Waals surface area contributed by atoms with Crippen molar-refractivity contribution >= 4 is 17.3 Å². The average molecular weight is 298 g/mol. The Kier molecular flexibility index (Phi) is 3.84. The number of carbonyl (C=O) groups excluding carboxylic acids is 1. The van der Waals surface area contributed by atoms with Crippen molar-refractivity contribution in [1.29, 1.82) is 0 Å². The lowest BCUT2D eigenvalue weighted by Gasteiger charge is -2.10. The third-order valence-corrected chi connectivity index (χ3v) is 2.84. The molecular weight excluding hydrogens is 288 g/mol. The molecule has 3 nitrogen and oxygen atoms in total. The zero-order chi connectivity index (χ0) is 15.7. The Labute approximate surface area is 117 Å². The molecule has 0 aromatic heterocycles. The Morgan fingerprint density at radius 3 is 2.38 bits per heavy atom. The molecule has 2 aromatic carbocycles. The molecule has 0 aliphatic heterocycles. The van der Waals surface area contributed by atoms with Crippen molar-refractivity contribution in [2.75, 3.05) is 11.1 Å². The van der Waals surface area contributed by atoms with Crippen LogP contribution in [-0.4, -0.2) is 5.91 Å². The summed E-state index contributed by atoms with van der Waals surface area (Å²) in [5.74, 6) is -5.38. The number of hydrogen-bond acceptors (Lipinski definition) is 2. The van der Waals surface area contributed by atoms with Crippen LogP contribution in [0.3, 0.4) is 0 Å². The third-order valence-electron chi connectivity index (χ3n) is 2.84. The smallest absolute Gasteiger partial charge is 0.261 e. The molecule has 0 saturated carbocycles. The van der Waals surface area contributed by atoms with Gasteiger partial charge in [0.1, 0.15) is 23.0 Å². The maximum Gasteiger partial charge on any atom is 0.261 e. The fourth-order valence-electron chi connectivity index (χ4n) is 1.70. The lowest BCUT2D eigenvalue weighted by molar-refractivity contribution is 0.101. The number of rotatable bonds is 2. The van der Waals surface area contributed by atoms with Gasteiger partial charge >= 0.3 is 0 Å². The van der Waals surface area contributed by atoms with E-state index in [1.54, 1.807) is 0 Å². The molecule has 110 valence electrons. The molecule has 21 heavy (non-hydrogen) atoms. The normalized spacial score (nSPS) is 10.5. The van der Waals surface area contributed by atoms with Crippen LogP contribution >= 0.6 is 0 Å². The molecule has 0 aliphatic rings. The molecule has 2 rings (SSSR count). The number of carbonyl (C=O) groups is 1. The highest BCUT2D eigenvalue weighted by Crippen LogP contribution is 2.23. The molecule has 7 heteroatoms. The van der Waals surface area contributed by atoms with Crippen molar-refractivity contribution in [2.45, 2.75) is 6.92 Å². The van der Waals surface area contributed by atoms with Crippen LogP contribution in [0.15, 0.2) is 24.3 Å². The van der Waals surface area contributed by atoms with Crippen LogP contribution < -0.4 is 11.1 Å². The molecule has 0 aliphatic carbocycles. The van der Waals surface area contributed by atoms with Gasteiger partial charge in [-0.2, -0.15) is 0 Å². The largest absolute Gasteiger partial charge is 0.396 e. The molecule has 0 atom stereocenters. The lowest BCUT2D eigenvalue weighted by atomic mass is 10.1. The second-order valence-electron chi connectivity index (χ2n) is 4.36. The number of aryl methyl sites for hydroxylation is 1. The van der Waals surface area contributed by atoms with Crippen LogP contribution in [0, 0.1) is 30.2 Å². The molecule has 0 saturated heterocycles. The van der Waals surface area contributed by atoms with Crippen LogP contribution in [0.25, 0.3) is 0 Å². The Morgan fingerprint density at radius 1 is 1.05 bits per heavy atom. The second kappa shape index (κ2) is 5.43. The topological polar surface area (TPSA) is 55.1 Å². The van der Waals surface area contributed by atoms with E-state index < -0.39 is 46.1 Å². The molecule has 0 bridgehead atoms. The summed E-state index contributed by atoms with van der Waals surface area (Å²) in [6.45, 7) is 1.33. The molecular formula is C14H10F4N2O. The number of hydrogen-bond donors (Lipinski definition) is 2. The number of amides is 1. The van der Waals surface area contributed by atoms with Gasteiger partial charge in [0.05, 0.1) is 11.4 Å². The predicted octanol–water partition coefficient (Wildman–Crippen LogP) is 3.39. The van der Waals surface area contributed by atoms with Crippen LogP contribution in [0.2, 0.25) is 0 Å². The highest BCUT2D eigenvalue weighted by atomic mass is 19.1. The zero-order valence-corrected chi connectivity index (χ0v) is 10.8. The van der Waals surface area contributed by atoms with Gasteiger partial charge in [0.2, 0.25) is 0 Å². The van der Waals surface area contributed by atoms with E-state index in [9.17, 15) is 22.4 Å². The SMILES string of the molecule is Cc1cc(F)c(NC(=O)c2c(F)ccc(N)c2F)cc1F. The van der Waals surface area contributed by atoms with Crippen molar-refractivity contribution in [3.8, 4) is 0 Å². The van der Waals surface area contributed by atoms with Crippen LogP contribution in [-0.2, 0) is 0 Å². The van der Waals surface area contributed by atoms with Gasteiger partial charge in [0.15, 0.2) is 5.82 Å². The predicted molar refractivity (Wildman–Crippen MR) is 69.8 cm³/mol. The Hall–Kier alpha value is -2.57. The molecule has 1 amide bonds. The first-order chi connectivity index (χ1) is 9.81. The summed E-state index contributed by atoms with van der Waals surface area (Å²) in [4.78, 5) is 11.8. The van der Waals surface area contributed by atoms with Crippen molar-refractivity contribution in [1.82, 2.24) is 0 Å². The van der Waals surface area contributed by atoms with E-state index in [0.717, 1.165) is 24.3 Å². The monoisotopic (exact) mass is 298 g/mol. The average Bonchev–Trinajstić information content (AvgIpc) is 2.41. The minimum absolute atomic E-state index is 0.0341. The first kappa shape index (κ1) is 14.8. The van der Waals surface area contributed by atoms with Crippen molar-refractivity contribution < 1.29 is 22.4 Å². The van der Waals surface area contributed by atoms with Gasteiger partial charge in [-0.3, -0.25) is 4.79 Å². The van der Waals surface area contributed by atoms with E-state index in [1.165, 1.54) is 6.92 Å². The van der Waals surface area contributed by atoms with Crippen LogP contribution in [0.4, 0.5) is 28.9 Å². The summed E-state index contributed by atoms with van der Waals surface area (Å²) in [7, 11) is 0. The van der Waals surface area contributed by atoms with Gasteiger partial charge in [-0.05, 0) is 30.7 Å². The van der Waals surface area contributed by atoms with Crippen LogP contribution in [0.5, 0.6) is 0 Å². The van der Waals surface area contributed by atoms with Crippen molar-refractivity contribution in [3.63, 3.8) is 0 Å². The molecule has 3 N–H and O–H groups in total. The van der Waals surface area contributed by atoms with E-state index in [-0.39, 0.29) is 5.56 Å². The van der Waals surface area contributed by atoms with E-state index in [4.69, 9.17) is 5.73 Å². The van der Waals surface area contributed by atoms with E-state index >= 15 is 0 Å². The lowest BCUT2D eigenvalue weighted by Crippen LogP contribution is -2.18. The number of nitrogens with one attached hydrogen (secondary N) is 1. The fraction of sp³-hybridized carbons (Fsp3) is 0.0714. The van der Waals surface area contributed by atoms with Crippen molar-refractivity contribution in [2.24, 2.45) is 0 Å². The molecule has 0 unspecified atom stereocenters. The minimum Gasteiger partial charge on any atom is -0.396 e. The Morgan fingerprint density at radius 2 is 1.71 bits per heavy atom. The summed E-state index contributed by atoms with van der Waals surface area (Å²) in [5, 5.41) is 1.91. The fourth-order valence-corrected chi connectivity index (χ4v) is 1.70. The molecule has 0 heterocycles. The molecule has 2 aromatic rings. The second-order valence-corrected chi connectivity index (χ2v) is 4.36. The molecule has 0 fully saturated rings. The first-order valence-electron chi connectivity index (χ1n) is 5.81. The van der Waals surface area contributed by atoms with Gasteiger partial charge in [-0.1, -0.05) is 0 Å². The quantitative estimate of drug-likeness (QED) is 0.659. The molecule has 0 radical (unpaired) electrons. The van der Waals surface area contributed by atoms with Gasteiger partial charge in [0, 0.05) is 6.07 Å². The number of anilines is 2. The van der Waals surface area contributed by atoms with E-state index in [0.29, 0.717) is 0 Å². The van der Waals surface area contributed by atoms with Gasteiger partial charge in [0.25, 0.3) is 5.91 Å². The van der Waals surface area contributed by atoms with Crippen molar-refractivity contribution in [3.05, 3.63) is 58.7 Å². The van der Waals surface area contributed by atoms with E-state index in [1.807, 2.05) is 5.32 Å². The summed E-state index contributed by atoms with van der Waals surface area (Å²) in [6.07, 6.45) is 0.